The van der Waals surface area contributed by atoms with Crippen LogP contribution in [0, 0.1) is 0 Å². The van der Waals surface area contributed by atoms with Crippen LogP contribution in [0.25, 0.3) is 0 Å². The van der Waals surface area contributed by atoms with E-state index in [0.717, 1.165) is 0 Å². The quantitative estimate of drug-likeness (QED) is 0.598. The van der Waals surface area contributed by atoms with E-state index in [2.05, 4.69) is 5.32 Å². The highest BCUT2D eigenvalue weighted by Crippen LogP contribution is 1.86. The molecule has 0 saturated carbocycles. The average Bonchev–Trinajstić information content (AvgIpc) is 2.10. The van der Waals surface area contributed by atoms with Gasteiger partial charge in [0.05, 0.1) is 19.8 Å². The largest absolute Gasteiger partial charge is 0.379 e. The predicted molar refractivity (Wildman–Crippen MR) is 55.2 cm³/mol. The molecule has 0 aliphatic rings. The van der Waals surface area contributed by atoms with Crippen LogP contribution in [0.1, 0.15) is 27.2 Å². The van der Waals surface area contributed by atoms with Crippen molar-refractivity contribution >= 4 is 5.91 Å². The van der Waals surface area contributed by atoms with Gasteiger partial charge in [0.2, 0.25) is 5.91 Å². The zero-order valence-electron chi connectivity index (χ0n) is 9.34. The minimum absolute atomic E-state index is 0.0383. The average molecular weight is 203 g/mol. The predicted octanol–water partition coefficient (Wildman–Crippen LogP) is 0.954. The maximum absolute atomic E-state index is 11.1. The lowest BCUT2D eigenvalue weighted by Gasteiger charge is -2.08. The molecular weight excluding hydrogens is 182 g/mol. The Morgan fingerprint density at radius 2 is 1.86 bits per heavy atom. The van der Waals surface area contributed by atoms with Gasteiger partial charge in [-0.2, -0.15) is 0 Å². The molecule has 0 heterocycles. The fraction of sp³-hybridized carbons (Fsp3) is 0.900. The number of nitrogens with one attached hydrogen (secondary N) is 1. The van der Waals surface area contributed by atoms with Crippen molar-refractivity contribution in [2.24, 2.45) is 0 Å². The van der Waals surface area contributed by atoms with Gasteiger partial charge in [-0.15, -0.1) is 0 Å². The fourth-order valence-electron chi connectivity index (χ4n) is 0.923. The van der Waals surface area contributed by atoms with Gasteiger partial charge < -0.3 is 14.8 Å². The zero-order chi connectivity index (χ0) is 10.8. The maximum Gasteiger partial charge on any atom is 0.222 e. The maximum atomic E-state index is 11.1. The van der Waals surface area contributed by atoms with Gasteiger partial charge in [0.25, 0.3) is 0 Å². The van der Waals surface area contributed by atoms with Crippen molar-refractivity contribution in [3.63, 3.8) is 0 Å². The van der Waals surface area contributed by atoms with Gasteiger partial charge in [0.1, 0.15) is 0 Å². The van der Waals surface area contributed by atoms with Gasteiger partial charge >= 0.3 is 0 Å². The van der Waals surface area contributed by atoms with E-state index in [4.69, 9.17) is 9.47 Å². The Morgan fingerprint density at radius 3 is 2.43 bits per heavy atom. The molecule has 1 N–H and O–H groups in total. The number of amides is 1. The van der Waals surface area contributed by atoms with Crippen LogP contribution in [-0.4, -0.2) is 38.4 Å². The highest BCUT2D eigenvalue weighted by Gasteiger charge is 2.01. The van der Waals surface area contributed by atoms with Gasteiger partial charge in [-0.25, -0.2) is 0 Å². The van der Waals surface area contributed by atoms with Gasteiger partial charge in [-0.3, -0.25) is 4.79 Å². The number of hydrogen-bond acceptors (Lipinski definition) is 3. The first-order valence-corrected chi connectivity index (χ1v) is 5.11. The highest BCUT2D eigenvalue weighted by molar-refractivity contribution is 5.76. The van der Waals surface area contributed by atoms with Crippen LogP contribution in [0.3, 0.4) is 0 Å². The van der Waals surface area contributed by atoms with Crippen molar-refractivity contribution in [3.05, 3.63) is 0 Å². The van der Waals surface area contributed by atoms with Crippen molar-refractivity contribution in [2.75, 3.05) is 26.4 Å². The van der Waals surface area contributed by atoms with Crippen LogP contribution in [0.2, 0.25) is 0 Å². The lowest BCUT2D eigenvalue weighted by atomic mass is 10.3. The summed E-state index contributed by atoms with van der Waals surface area (Å²) in [6, 6.07) is 0.200. The number of carbonyl (C=O) groups is 1. The summed E-state index contributed by atoms with van der Waals surface area (Å²) in [7, 11) is 0. The third kappa shape index (κ3) is 9.48. The fourth-order valence-corrected chi connectivity index (χ4v) is 0.923. The molecule has 0 rings (SSSR count). The molecule has 4 nitrogen and oxygen atoms in total. The first-order chi connectivity index (χ1) is 6.66. The monoisotopic (exact) mass is 203 g/mol. The molecule has 84 valence electrons. The summed E-state index contributed by atoms with van der Waals surface area (Å²) in [5.74, 6) is 0.0383. The van der Waals surface area contributed by atoms with Gasteiger partial charge in [-0.1, -0.05) is 0 Å². The van der Waals surface area contributed by atoms with Gasteiger partial charge in [-0.05, 0) is 20.8 Å². The molecule has 0 aromatic rings. The number of carbonyl (C=O) groups excluding carboxylic acids is 1. The Morgan fingerprint density at radius 1 is 1.21 bits per heavy atom. The molecule has 14 heavy (non-hydrogen) atoms. The Labute approximate surface area is 86.0 Å². The Balaban J connectivity index is 3.15. The van der Waals surface area contributed by atoms with E-state index in [0.29, 0.717) is 32.8 Å². The van der Waals surface area contributed by atoms with E-state index in [1.807, 2.05) is 20.8 Å². The summed E-state index contributed by atoms with van der Waals surface area (Å²) >= 11 is 0. The van der Waals surface area contributed by atoms with Crippen LogP contribution in [0.4, 0.5) is 0 Å². The topological polar surface area (TPSA) is 47.6 Å². The molecule has 4 heteroatoms. The van der Waals surface area contributed by atoms with E-state index < -0.39 is 0 Å². The molecule has 0 fully saturated rings. The Bertz CT molecular complexity index is 148. The molecule has 0 atom stereocenters. The SMILES string of the molecule is CCOCCOCCC(=O)NC(C)C. The van der Waals surface area contributed by atoms with Gasteiger partial charge in [0, 0.05) is 19.1 Å². The first-order valence-electron chi connectivity index (χ1n) is 5.11. The van der Waals surface area contributed by atoms with Crippen LogP contribution in [0.5, 0.6) is 0 Å². The van der Waals surface area contributed by atoms with Crippen molar-refractivity contribution in [2.45, 2.75) is 33.2 Å². The molecule has 1 amide bonds. The summed E-state index contributed by atoms with van der Waals surface area (Å²) in [4.78, 5) is 11.1. The van der Waals surface area contributed by atoms with Crippen LogP contribution in [0.15, 0.2) is 0 Å². The van der Waals surface area contributed by atoms with E-state index >= 15 is 0 Å². The third-order valence-corrected chi connectivity index (χ3v) is 1.50. The van der Waals surface area contributed by atoms with E-state index in [9.17, 15) is 4.79 Å². The first kappa shape index (κ1) is 13.4. The van der Waals surface area contributed by atoms with Crippen LogP contribution in [-0.2, 0) is 14.3 Å². The van der Waals surface area contributed by atoms with Crippen molar-refractivity contribution in [1.29, 1.82) is 0 Å². The molecule has 0 aromatic carbocycles. The molecule has 0 spiro atoms. The summed E-state index contributed by atoms with van der Waals surface area (Å²) in [5, 5.41) is 2.79. The van der Waals surface area contributed by atoms with Crippen LogP contribution < -0.4 is 5.32 Å². The molecule has 0 aliphatic carbocycles. The van der Waals surface area contributed by atoms with E-state index in [1.165, 1.54) is 0 Å². The highest BCUT2D eigenvalue weighted by atomic mass is 16.5. The number of ether oxygens (including phenoxy) is 2. The standard InChI is InChI=1S/C10H21NO3/c1-4-13-7-8-14-6-5-10(12)11-9(2)3/h9H,4-8H2,1-3H3,(H,11,12). The summed E-state index contributed by atoms with van der Waals surface area (Å²) in [5.41, 5.74) is 0. The molecule has 0 radical (unpaired) electrons. The van der Waals surface area contributed by atoms with E-state index in [1.54, 1.807) is 0 Å². The van der Waals surface area contributed by atoms with Gasteiger partial charge in [0.15, 0.2) is 0 Å². The zero-order valence-corrected chi connectivity index (χ0v) is 9.34. The number of rotatable bonds is 8. The minimum atomic E-state index is 0.0383. The van der Waals surface area contributed by atoms with Crippen molar-refractivity contribution < 1.29 is 14.3 Å². The molecular formula is C10H21NO3. The number of hydrogen-bond donors (Lipinski definition) is 1. The van der Waals surface area contributed by atoms with Crippen molar-refractivity contribution in [1.82, 2.24) is 5.32 Å². The summed E-state index contributed by atoms with van der Waals surface area (Å²) < 4.78 is 10.3. The lowest BCUT2D eigenvalue weighted by Crippen LogP contribution is -2.30. The Kier molecular flexibility index (Phi) is 8.57. The minimum Gasteiger partial charge on any atom is -0.379 e. The second kappa shape index (κ2) is 8.97. The van der Waals surface area contributed by atoms with Crippen LogP contribution >= 0.6 is 0 Å². The molecule has 0 bridgehead atoms. The summed E-state index contributed by atoms with van der Waals surface area (Å²) in [6.07, 6.45) is 0.421. The molecule has 0 aliphatic heterocycles. The molecule has 0 saturated heterocycles. The lowest BCUT2D eigenvalue weighted by molar-refractivity contribution is -0.122. The normalized spacial score (nSPS) is 10.6. The van der Waals surface area contributed by atoms with Crippen molar-refractivity contribution in [3.8, 4) is 0 Å². The third-order valence-electron chi connectivity index (χ3n) is 1.50. The Hall–Kier alpha value is -0.610. The second-order valence-electron chi connectivity index (χ2n) is 3.28. The molecule has 0 aromatic heterocycles. The van der Waals surface area contributed by atoms with E-state index in [-0.39, 0.29) is 11.9 Å². The smallest absolute Gasteiger partial charge is 0.222 e. The summed E-state index contributed by atoms with van der Waals surface area (Å²) in [6.45, 7) is 8.14. The molecule has 0 unspecified atom stereocenters. The second-order valence-corrected chi connectivity index (χ2v) is 3.28.